The van der Waals surface area contributed by atoms with E-state index in [-0.39, 0.29) is 16.8 Å². The van der Waals surface area contributed by atoms with Crippen LogP contribution in [0.4, 0.5) is 4.39 Å². The first kappa shape index (κ1) is 17.1. The van der Waals surface area contributed by atoms with E-state index in [9.17, 15) is 9.18 Å². The van der Waals surface area contributed by atoms with Crippen LogP contribution >= 0.6 is 11.6 Å². The number of rotatable bonds is 2. The molecule has 1 saturated carbocycles. The van der Waals surface area contributed by atoms with E-state index in [2.05, 4.69) is 16.8 Å². The third kappa shape index (κ3) is 3.24. The van der Waals surface area contributed by atoms with Crippen molar-refractivity contribution in [3.05, 3.63) is 33.5 Å². The monoisotopic (exact) mass is 365 g/mol. The largest absolute Gasteiger partial charge is 0.326 e. The van der Waals surface area contributed by atoms with Gasteiger partial charge in [-0.25, -0.2) is 9.18 Å². The van der Waals surface area contributed by atoms with Crippen molar-refractivity contribution in [3.63, 3.8) is 0 Å². The third-order valence-electron chi connectivity index (χ3n) is 6.05. The number of hydrogen-bond acceptors (Lipinski definition) is 2. The second-order valence-corrected chi connectivity index (χ2v) is 8.18. The first-order chi connectivity index (χ1) is 12.0. The van der Waals surface area contributed by atoms with E-state index in [1.54, 1.807) is 4.57 Å². The summed E-state index contributed by atoms with van der Waals surface area (Å²) in [4.78, 5) is 17.8. The molecule has 1 aromatic heterocycles. The number of H-pyrrole nitrogens is 1. The SMILES string of the molecule is CC1CCCC(N2CCC(n3c(=O)[nH]c4cc(Cl)c(F)cc43)CC2)C1. The molecule has 136 valence electrons. The Morgan fingerprint density at radius 3 is 2.64 bits per heavy atom. The van der Waals surface area contributed by atoms with Crippen molar-refractivity contribution in [2.45, 2.75) is 57.5 Å². The summed E-state index contributed by atoms with van der Waals surface area (Å²) < 4.78 is 15.6. The van der Waals surface area contributed by atoms with Crippen LogP contribution in [0.15, 0.2) is 16.9 Å². The minimum atomic E-state index is -0.476. The van der Waals surface area contributed by atoms with Crippen LogP contribution in [0.5, 0.6) is 0 Å². The highest BCUT2D eigenvalue weighted by Crippen LogP contribution is 2.32. The average Bonchev–Trinajstić information content (AvgIpc) is 2.90. The minimum absolute atomic E-state index is 0.0436. The minimum Gasteiger partial charge on any atom is -0.305 e. The van der Waals surface area contributed by atoms with Crippen molar-refractivity contribution < 1.29 is 4.39 Å². The lowest BCUT2D eigenvalue weighted by atomic mass is 9.85. The molecule has 6 heteroatoms. The van der Waals surface area contributed by atoms with Crippen molar-refractivity contribution >= 4 is 22.6 Å². The van der Waals surface area contributed by atoms with E-state index in [1.807, 2.05) is 0 Å². The van der Waals surface area contributed by atoms with Crippen LogP contribution in [-0.2, 0) is 0 Å². The fourth-order valence-electron chi connectivity index (χ4n) is 4.73. The summed E-state index contributed by atoms with van der Waals surface area (Å²) in [5, 5.41) is 0.0436. The van der Waals surface area contributed by atoms with Crippen molar-refractivity contribution in [2.24, 2.45) is 5.92 Å². The third-order valence-corrected chi connectivity index (χ3v) is 6.34. The fraction of sp³-hybridized carbons (Fsp3) is 0.632. The van der Waals surface area contributed by atoms with Crippen LogP contribution in [0.25, 0.3) is 11.0 Å². The Balaban J connectivity index is 1.53. The molecule has 0 radical (unpaired) electrons. The van der Waals surface area contributed by atoms with E-state index < -0.39 is 5.82 Å². The maximum absolute atomic E-state index is 13.9. The number of aromatic nitrogens is 2. The van der Waals surface area contributed by atoms with Crippen molar-refractivity contribution in [2.75, 3.05) is 13.1 Å². The molecule has 4 nitrogen and oxygen atoms in total. The number of nitrogens with zero attached hydrogens (tertiary/aromatic N) is 2. The highest BCUT2D eigenvalue weighted by molar-refractivity contribution is 6.31. The highest BCUT2D eigenvalue weighted by Gasteiger charge is 2.30. The topological polar surface area (TPSA) is 41.0 Å². The van der Waals surface area contributed by atoms with Crippen molar-refractivity contribution in [1.29, 1.82) is 0 Å². The number of piperidine rings is 1. The molecule has 2 atom stereocenters. The van der Waals surface area contributed by atoms with Crippen molar-refractivity contribution in [1.82, 2.24) is 14.5 Å². The molecule has 1 aliphatic carbocycles. The molecule has 0 amide bonds. The fourth-order valence-corrected chi connectivity index (χ4v) is 4.89. The van der Waals surface area contributed by atoms with Crippen LogP contribution in [0, 0.1) is 11.7 Å². The van der Waals surface area contributed by atoms with E-state index in [1.165, 1.54) is 37.8 Å². The predicted molar refractivity (Wildman–Crippen MR) is 98.8 cm³/mol. The van der Waals surface area contributed by atoms with Gasteiger partial charge in [-0.3, -0.25) is 4.57 Å². The molecule has 2 aromatic rings. The number of hydrogen-bond donors (Lipinski definition) is 1. The zero-order chi connectivity index (χ0) is 17.6. The lowest BCUT2D eigenvalue weighted by Gasteiger charge is -2.41. The normalized spacial score (nSPS) is 26.4. The standard InChI is InChI=1S/C19H25ClFN3O/c1-12-3-2-4-14(9-12)23-7-5-13(6-8-23)24-18-11-16(21)15(20)10-17(18)22-19(24)25/h10-14H,2-9H2,1H3,(H,22,25). The Labute approximate surface area is 152 Å². The van der Waals surface area contributed by atoms with Gasteiger partial charge >= 0.3 is 5.69 Å². The Hall–Kier alpha value is -1.33. The summed E-state index contributed by atoms with van der Waals surface area (Å²) >= 11 is 5.84. The van der Waals surface area contributed by atoms with Crippen molar-refractivity contribution in [3.8, 4) is 0 Å². The molecule has 0 spiro atoms. The number of nitrogens with one attached hydrogen (secondary N) is 1. The Morgan fingerprint density at radius 2 is 1.92 bits per heavy atom. The van der Waals surface area contributed by atoms with Crippen LogP contribution in [0.3, 0.4) is 0 Å². The van der Waals surface area contributed by atoms with Gasteiger partial charge in [0.1, 0.15) is 5.82 Å². The summed E-state index contributed by atoms with van der Waals surface area (Å²) in [6.07, 6.45) is 7.14. The molecular weight excluding hydrogens is 341 g/mol. The molecule has 1 saturated heterocycles. The van der Waals surface area contributed by atoms with Gasteiger partial charge in [-0.05, 0) is 37.7 Å². The second kappa shape index (κ2) is 6.76. The van der Waals surface area contributed by atoms with Gasteiger partial charge in [-0.1, -0.05) is 31.4 Å². The maximum atomic E-state index is 13.9. The maximum Gasteiger partial charge on any atom is 0.326 e. The smallest absolute Gasteiger partial charge is 0.305 e. The van der Waals surface area contributed by atoms with Gasteiger partial charge in [-0.15, -0.1) is 0 Å². The lowest BCUT2D eigenvalue weighted by Crippen LogP contribution is -2.44. The molecule has 1 N–H and O–H groups in total. The molecule has 2 unspecified atom stereocenters. The van der Waals surface area contributed by atoms with Gasteiger partial charge in [0.05, 0.1) is 16.1 Å². The summed E-state index contributed by atoms with van der Waals surface area (Å²) in [5.74, 6) is 0.343. The van der Waals surface area contributed by atoms with E-state index in [0.717, 1.165) is 31.8 Å². The van der Waals surface area contributed by atoms with Crippen LogP contribution in [0.2, 0.25) is 5.02 Å². The summed E-state index contributed by atoms with van der Waals surface area (Å²) in [7, 11) is 0. The van der Waals surface area contributed by atoms with Crippen LogP contribution in [-0.4, -0.2) is 33.6 Å². The predicted octanol–water partition coefficient (Wildman–Crippen LogP) is 4.34. The summed E-state index contributed by atoms with van der Waals surface area (Å²) in [5.41, 5.74) is 1.07. The molecule has 1 aromatic carbocycles. The Morgan fingerprint density at radius 1 is 1.16 bits per heavy atom. The highest BCUT2D eigenvalue weighted by atomic mass is 35.5. The van der Waals surface area contributed by atoms with Gasteiger partial charge in [0.25, 0.3) is 0 Å². The summed E-state index contributed by atoms with van der Waals surface area (Å²) in [6.45, 7) is 4.37. The molecule has 2 heterocycles. The average molecular weight is 366 g/mol. The number of imidazole rings is 1. The number of likely N-dealkylation sites (tertiary alicyclic amines) is 1. The molecule has 0 bridgehead atoms. The van der Waals surface area contributed by atoms with Crippen LogP contribution < -0.4 is 5.69 Å². The number of halogens is 2. The molecule has 1 aliphatic heterocycles. The van der Waals surface area contributed by atoms with Gasteiger partial charge in [0, 0.05) is 31.2 Å². The van der Waals surface area contributed by atoms with E-state index >= 15 is 0 Å². The quantitative estimate of drug-likeness (QED) is 0.860. The molecule has 2 aliphatic rings. The van der Waals surface area contributed by atoms with Gasteiger partial charge < -0.3 is 9.88 Å². The molecular formula is C19H25ClFN3O. The molecule has 25 heavy (non-hydrogen) atoms. The zero-order valence-corrected chi connectivity index (χ0v) is 15.4. The zero-order valence-electron chi connectivity index (χ0n) is 14.6. The second-order valence-electron chi connectivity index (χ2n) is 7.78. The molecule has 2 fully saturated rings. The number of aromatic amines is 1. The van der Waals surface area contributed by atoms with Crippen LogP contribution in [0.1, 0.15) is 51.5 Å². The van der Waals surface area contributed by atoms with E-state index in [4.69, 9.17) is 11.6 Å². The number of benzene rings is 1. The lowest BCUT2D eigenvalue weighted by molar-refractivity contribution is 0.0948. The summed E-state index contributed by atoms with van der Waals surface area (Å²) in [6, 6.07) is 3.70. The first-order valence-electron chi connectivity index (χ1n) is 9.36. The van der Waals surface area contributed by atoms with Gasteiger partial charge in [-0.2, -0.15) is 0 Å². The first-order valence-corrected chi connectivity index (χ1v) is 9.74. The van der Waals surface area contributed by atoms with Gasteiger partial charge in [0.2, 0.25) is 0 Å². The Kier molecular flexibility index (Phi) is 4.63. The van der Waals surface area contributed by atoms with E-state index in [0.29, 0.717) is 17.1 Å². The molecule has 4 rings (SSSR count). The van der Waals surface area contributed by atoms with Gasteiger partial charge in [0.15, 0.2) is 0 Å². The Bertz CT molecular complexity index is 822. The number of fused-ring (bicyclic) bond motifs is 1.